The molecule has 1 fully saturated rings. The number of amides is 3. The van der Waals surface area contributed by atoms with Crippen LogP contribution >= 0.6 is 0 Å². The van der Waals surface area contributed by atoms with Gasteiger partial charge in [0.15, 0.2) is 0 Å². The molecule has 0 aromatic heterocycles. The van der Waals surface area contributed by atoms with E-state index in [4.69, 9.17) is 9.47 Å². The van der Waals surface area contributed by atoms with Crippen molar-refractivity contribution in [2.24, 2.45) is 5.92 Å². The maximum atomic E-state index is 12.6. The summed E-state index contributed by atoms with van der Waals surface area (Å²) < 4.78 is 10.5. The number of rotatable bonds is 8. The van der Waals surface area contributed by atoms with Crippen molar-refractivity contribution >= 4 is 34.8 Å². The molecule has 3 N–H and O–H groups in total. The number of hydrogen-bond donors (Lipinski definition) is 3. The highest BCUT2D eigenvalue weighted by Gasteiger charge is 2.26. The quantitative estimate of drug-likeness (QED) is 0.566. The molecular weight excluding hydrogens is 424 g/mol. The summed E-state index contributed by atoms with van der Waals surface area (Å²) in [6, 6.07) is 12.2. The standard InChI is InChI=1S/C24H30N4O5/c1-16(29)25-18-4-6-19(7-5-18)26-24(31)17-10-12-28(13-11-17)15-23(30)27-21-9-8-20(32-2)14-22(21)33-3/h4-9,14,17H,10-13,15H2,1-3H3,(H,25,29)(H,26,31)(H,27,30). The monoisotopic (exact) mass is 454 g/mol. The second kappa shape index (κ2) is 11.3. The summed E-state index contributed by atoms with van der Waals surface area (Å²) in [4.78, 5) is 38.3. The lowest BCUT2D eigenvalue weighted by atomic mass is 9.95. The minimum atomic E-state index is -0.143. The van der Waals surface area contributed by atoms with Crippen LogP contribution < -0.4 is 25.4 Å². The lowest BCUT2D eigenvalue weighted by Crippen LogP contribution is -2.41. The Hall–Kier alpha value is -3.59. The summed E-state index contributed by atoms with van der Waals surface area (Å²) in [5.74, 6) is 0.753. The Morgan fingerprint density at radius 2 is 1.55 bits per heavy atom. The van der Waals surface area contributed by atoms with E-state index in [0.29, 0.717) is 54.5 Å². The fraction of sp³-hybridized carbons (Fsp3) is 0.375. The summed E-state index contributed by atoms with van der Waals surface area (Å²) in [6.07, 6.45) is 1.35. The summed E-state index contributed by atoms with van der Waals surface area (Å²) in [5.41, 5.74) is 1.95. The van der Waals surface area contributed by atoms with Crippen molar-refractivity contribution in [3.8, 4) is 11.5 Å². The van der Waals surface area contributed by atoms with Crippen LogP contribution in [0.3, 0.4) is 0 Å². The maximum absolute atomic E-state index is 12.6. The number of ether oxygens (including phenoxy) is 2. The molecule has 0 atom stereocenters. The van der Waals surface area contributed by atoms with Crippen molar-refractivity contribution in [3.63, 3.8) is 0 Å². The molecule has 1 aliphatic heterocycles. The minimum absolute atomic E-state index is 0.0330. The van der Waals surface area contributed by atoms with E-state index in [1.807, 2.05) is 4.90 Å². The first-order valence-electron chi connectivity index (χ1n) is 10.8. The first kappa shape index (κ1) is 24.1. The third-order valence-corrected chi connectivity index (χ3v) is 5.48. The zero-order chi connectivity index (χ0) is 23.8. The molecule has 0 saturated carbocycles. The largest absolute Gasteiger partial charge is 0.497 e. The van der Waals surface area contributed by atoms with Gasteiger partial charge >= 0.3 is 0 Å². The molecule has 3 rings (SSSR count). The SMILES string of the molecule is COc1ccc(NC(=O)CN2CCC(C(=O)Nc3ccc(NC(C)=O)cc3)CC2)c(OC)c1. The van der Waals surface area contributed by atoms with Crippen LogP contribution in [0.15, 0.2) is 42.5 Å². The molecule has 3 amide bonds. The number of carbonyl (C=O) groups excluding carboxylic acids is 3. The molecule has 2 aromatic carbocycles. The number of nitrogens with one attached hydrogen (secondary N) is 3. The molecule has 0 aliphatic carbocycles. The Morgan fingerprint density at radius 1 is 0.909 bits per heavy atom. The Morgan fingerprint density at radius 3 is 2.12 bits per heavy atom. The topological polar surface area (TPSA) is 109 Å². The molecule has 9 nitrogen and oxygen atoms in total. The summed E-state index contributed by atoms with van der Waals surface area (Å²) in [6.45, 7) is 3.01. The lowest BCUT2D eigenvalue weighted by Gasteiger charge is -2.30. The van der Waals surface area contributed by atoms with E-state index in [-0.39, 0.29) is 30.2 Å². The van der Waals surface area contributed by atoms with Gasteiger partial charge in [0.25, 0.3) is 0 Å². The van der Waals surface area contributed by atoms with Gasteiger partial charge in [-0.1, -0.05) is 0 Å². The smallest absolute Gasteiger partial charge is 0.238 e. The van der Waals surface area contributed by atoms with Crippen LogP contribution in [0.1, 0.15) is 19.8 Å². The average molecular weight is 455 g/mol. The van der Waals surface area contributed by atoms with Gasteiger partial charge < -0.3 is 25.4 Å². The van der Waals surface area contributed by atoms with Crippen LogP contribution in [0.4, 0.5) is 17.1 Å². The van der Waals surface area contributed by atoms with Crippen molar-refractivity contribution in [2.45, 2.75) is 19.8 Å². The number of carbonyl (C=O) groups is 3. The zero-order valence-electron chi connectivity index (χ0n) is 19.1. The van der Waals surface area contributed by atoms with Gasteiger partial charge in [-0.3, -0.25) is 19.3 Å². The molecule has 0 spiro atoms. The van der Waals surface area contributed by atoms with Gasteiger partial charge in [0.2, 0.25) is 17.7 Å². The van der Waals surface area contributed by atoms with Gasteiger partial charge in [-0.2, -0.15) is 0 Å². The molecule has 1 saturated heterocycles. The molecule has 0 bridgehead atoms. The molecule has 1 heterocycles. The van der Waals surface area contributed by atoms with Crippen LogP contribution in [0.5, 0.6) is 11.5 Å². The first-order chi connectivity index (χ1) is 15.9. The normalized spacial score (nSPS) is 14.3. The molecule has 9 heteroatoms. The van der Waals surface area contributed by atoms with Gasteiger partial charge in [-0.25, -0.2) is 0 Å². The van der Waals surface area contributed by atoms with Gasteiger partial charge in [-0.05, 0) is 62.3 Å². The molecule has 0 radical (unpaired) electrons. The molecular formula is C24H30N4O5. The Balaban J connectivity index is 1.45. The van der Waals surface area contributed by atoms with Crippen molar-refractivity contribution < 1.29 is 23.9 Å². The van der Waals surface area contributed by atoms with E-state index in [0.717, 1.165) is 0 Å². The maximum Gasteiger partial charge on any atom is 0.238 e. The number of piperidine rings is 1. The predicted octanol–water partition coefficient (Wildman–Crippen LogP) is 2.95. The minimum Gasteiger partial charge on any atom is -0.497 e. The molecule has 2 aromatic rings. The molecule has 0 unspecified atom stereocenters. The van der Waals surface area contributed by atoms with Crippen LogP contribution in [-0.2, 0) is 14.4 Å². The van der Waals surface area contributed by atoms with Crippen molar-refractivity contribution in [1.29, 1.82) is 0 Å². The van der Waals surface area contributed by atoms with Crippen LogP contribution in [0.25, 0.3) is 0 Å². The van der Waals surface area contributed by atoms with Gasteiger partial charge in [0, 0.05) is 30.3 Å². The van der Waals surface area contributed by atoms with E-state index in [2.05, 4.69) is 16.0 Å². The third-order valence-electron chi connectivity index (χ3n) is 5.48. The van der Waals surface area contributed by atoms with E-state index in [9.17, 15) is 14.4 Å². The highest BCUT2D eigenvalue weighted by Crippen LogP contribution is 2.29. The third kappa shape index (κ3) is 6.95. The Labute approximate surface area is 193 Å². The number of methoxy groups -OCH3 is 2. The van der Waals surface area contributed by atoms with Crippen molar-refractivity contribution in [3.05, 3.63) is 42.5 Å². The van der Waals surface area contributed by atoms with Crippen molar-refractivity contribution in [1.82, 2.24) is 4.90 Å². The number of likely N-dealkylation sites (tertiary alicyclic amines) is 1. The highest BCUT2D eigenvalue weighted by molar-refractivity contribution is 5.94. The predicted molar refractivity (Wildman–Crippen MR) is 127 cm³/mol. The number of anilines is 3. The van der Waals surface area contributed by atoms with Gasteiger partial charge in [-0.15, -0.1) is 0 Å². The summed E-state index contributed by atoms with van der Waals surface area (Å²) in [7, 11) is 3.11. The van der Waals surface area contributed by atoms with Gasteiger partial charge in [0.05, 0.1) is 26.5 Å². The average Bonchev–Trinajstić information content (AvgIpc) is 2.80. The Kier molecular flexibility index (Phi) is 8.26. The second-order valence-corrected chi connectivity index (χ2v) is 7.91. The molecule has 1 aliphatic rings. The van der Waals surface area contributed by atoms with E-state index in [1.54, 1.807) is 49.6 Å². The fourth-order valence-electron chi connectivity index (χ4n) is 3.73. The first-order valence-corrected chi connectivity index (χ1v) is 10.8. The van der Waals surface area contributed by atoms with Crippen LogP contribution in [0, 0.1) is 5.92 Å². The number of hydrogen-bond acceptors (Lipinski definition) is 6. The lowest BCUT2D eigenvalue weighted by molar-refractivity contribution is -0.121. The highest BCUT2D eigenvalue weighted by atomic mass is 16.5. The van der Waals surface area contributed by atoms with E-state index >= 15 is 0 Å². The van der Waals surface area contributed by atoms with E-state index < -0.39 is 0 Å². The summed E-state index contributed by atoms with van der Waals surface area (Å²) in [5, 5.41) is 8.50. The zero-order valence-corrected chi connectivity index (χ0v) is 19.1. The van der Waals surface area contributed by atoms with Crippen molar-refractivity contribution in [2.75, 3.05) is 49.8 Å². The number of nitrogens with zero attached hydrogens (tertiary/aromatic N) is 1. The van der Waals surface area contributed by atoms with Crippen LogP contribution in [0.2, 0.25) is 0 Å². The van der Waals surface area contributed by atoms with E-state index in [1.165, 1.54) is 14.0 Å². The fourth-order valence-corrected chi connectivity index (χ4v) is 3.73. The number of benzene rings is 2. The summed E-state index contributed by atoms with van der Waals surface area (Å²) >= 11 is 0. The molecule has 33 heavy (non-hydrogen) atoms. The van der Waals surface area contributed by atoms with Crippen LogP contribution in [-0.4, -0.2) is 56.5 Å². The second-order valence-electron chi connectivity index (χ2n) is 7.91. The molecule has 176 valence electrons. The van der Waals surface area contributed by atoms with Gasteiger partial charge in [0.1, 0.15) is 11.5 Å². The Bertz CT molecular complexity index is 985.